The van der Waals surface area contributed by atoms with Crippen LogP contribution in [0.5, 0.6) is 0 Å². The van der Waals surface area contributed by atoms with Crippen molar-refractivity contribution in [1.29, 1.82) is 0 Å². The van der Waals surface area contributed by atoms with Crippen LogP contribution in [0.25, 0.3) is 16.9 Å². The summed E-state index contributed by atoms with van der Waals surface area (Å²) in [5.74, 6) is 0.126. The van der Waals surface area contributed by atoms with Crippen LogP contribution in [0, 0.1) is 5.82 Å². The van der Waals surface area contributed by atoms with E-state index in [0.29, 0.717) is 11.5 Å². The molecule has 26 heavy (non-hydrogen) atoms. The first-order valence-electron chi connectivity index (χ1n) is 8.27. The molecule has 1 N–H and O–H groups in total. The second-order valence-electron chi connectivity index (χ2n) is 5.96. The monoisotopic (exact) mass is 345 g/mol. The standard InChI is InChI=1S/C21H16FN3O/c22-17-11-9-15(10-12-17)14-19(26)24-21-20(16-6-2-1-3-7-16)23-18-8-4-5-13-25(18)21/h1-13H,14H2,(H,24,26). The maximum absolute atomic E-state index is 13.0. The fourth-order valence-corrected chi connectivity index (χ4v) is 2.88. The highest BCUT2D eigenvalue weighted by Gasteiger charge is 2.16. The van der Waals surface area contributed by atoms with E-state index in [-0.39, 0.29) is 18.1 Å². The van der Waals surface area contributed by atoms with Crippen molar-refractivity contribution in [3.63, 3.8) is 0 Å². The number of nitrogens with zero attached hydrogens (tertiary/aromatic N) is 2. The lowest BCUT2D eigenvalue weighted by Crippen LogP contribution is -2.16. The van der Waals surface area contributed by atoms with Gasteiger partial charge >= 0.3 is 0 Å². The highest BCUT2D eigenvalue weighted by Crippen LogP contribution is 2.28. The quantitative estimate of drug-likeness (QED) is 0.599. The highest BCUT2D eigenvalue weighted by atomic mass is 19.1. The molecule has 0 radical (unpaired) electrons. The lowest BCUT2D eigenvalue weighted by molar-refractivity contribution is -0.115. The second-order valence-corrected chi connectivity index (χ2v) is 5.96. The second kappa shape index (κ2) is 6.80. The molecule has 2 aromatic carbocycles. The van der Waals surface area contributed by atoms with Crippen molar-refractivity contribution in [3.05, 3.63) is 90.4 Å². The predicted molar refractivity (Wildman–Crippen MR) is 99.4 cm³/mol. The fourth-order valence-electron chi connectivity index (χ4n) is 2.88. The van der Waals surface area contributed by atoms with Crippen molar-refractivity contribution in [1.82, 2.24) is 9.38 Å². The zero-order valence-corrected chi connectivity index (χ0v) is 13.9. The lowest BCUT2D eigenvalue weighted by atomic mass is 10.1. The highest BCUT2D eigenvalue weighted by molar-refractivity contribution is 5.95. The molecular formula is C21H16FN3O. The van der Waals surface area contributed by atoms with Gasteiger partial charge in [0.25, 0.3) is 0 Å². The molecule has 0 bridgehead atoms. The van der Waals surface area contributed by atoms with E-state index < -0.39 is 0 Å². The van der Waals surface area contributed by atoms with Gasteiger partial charge in [-0.05, 0) is 29.8 Å². The largest absolute Gasteiger partial charge is 0.310 e. The Balaban J connectivity index is 1.68. The molecule has 2 aromatic heterocycles. The van der Waals surface area contributed by atoms with Crippen LogP contribution in [-0.4, -0.2) is 15.3 Å². The average molecular weight is 345 g/mol. The number of fused-ring (bicyclic) bond motifs is 1. The number of nitrogens with one attached hydrogen (secondary N) is 1. The first-order chi connectivity index (χ1) is 12.7. The molecule has 128 valence electrons. The van der Waals surface area contributed by atoms with Gasteiger partial charge in [0.15, 0.2) is 0 Å². The summed E-state index contributed by atoms with van der Waals surface area (Å²) in [5.41, 5.74) is 3.14. The van der Waals surface area contributed by atoms with E-state index in [1.165, 1.54) is 12.1 Å². The molecule has 4 rings (SSSR count). The van der Waals surface area contributed by atoms with Gasteiger partial charge in [-0.2, -0.15) is 0 Å². The summed E-state index contributed by atoms with van der Waals surface area (Å²) in [7, 11) is 0. The molecule has 0 aliphatic heterocycles. The molecule has 4 nitrogen and oxygen atoms in total. The number of aromatic nitrogens is 2. The number of amides is 1. The Bertz CT molecular complexity index is 1060. The summed E-state index contributed by atoms with van der Waals surface area (Å²) < 4.78 is 14.9. The number of hydrogen-bond acceptors (Lipinski definition) is 2. The molecule has 0 saturated carbocycles. The third kappa shape index (κ3) is 3.19. The summed E-state index contributed by atoms with van der Waals surface area (Å²) in [6.07, 6.45) is 2.02. The van der Waals surface area contributed by atoms with E-state index in [1.54, 1.807) is 12.1 Å². The van der Waals surface area contributed by atoms with Gasteiger partial charge in [-0.1, -0.05) is 48.5 Å². The number of benzene rings is 2. The summed E-state index contributed by atoms with van der Waals surface area (Å²) in [4.78, 5) is 17.2. The van der Waals surface area contributed by atoms with Crippen LogP contribution in [0.15, 0.2) is 79.0 Å². The van der Waals surface area contributed by atoms with Gasteiger partial charge in [-0.15, -0.1) is 0 Å². The van der Waals surface area contributed by atoms with E-state index in [9.17, 15) is 9.18 Å². The van der Waals surface area contributed by atoms with Crippen molar-refractivity contribution in [2.75, 3.05) is 5.32 Å². The number of carbonyl (C=O) groups is 1. The van der Waals surface area contributed by atoms with Crippen molar-refractivity contribution in [3.8, 4) is 11.3 Å². The molecule has 5 heteroatoms. The van der Waals surface area contributed by atoms with Gasteiger partial charge in [0.2, 0.25) is 5.91 Å². The van der Waals surface area contributed by atoms with Gasteiger partial charge in [-0.25, -0.2) is 9.37 Å². The SMILES string of the molecule is O=C(Cc1ccc(F)cc1)Nc1c(-c2ccccc2)nc2ccccn12. The van der Waals surface area contributed by atoms with Gasteiger partial charge in [-0.3, -0.25) is 9.20 Å². The number of pyridine rings is 1. The van der Waals surface area contributed by atoms with Crippen LogP contribution in [0.1, 0.15) is 5.56 Å². The summed E-state index contributed by atoms with van der Waals surface area (Å²) in [6.45, 7) is 0. The van der Waals surface area contributed by atoms with E-state index in [0.717, 1.165) is 16.8 Å². The number of hydrogen-bond donors (Lipinski definition) is 1. The van der Waals surface area contributed by atoms with Gasteiger partial charge in [0.05, 0.1) is 6.42 Å². The van der Waals surface area contributed by atoms with Gasteiger partial charge < -0.3 is 5.32 Å². The molecule has 0 saturated heterocycles. The van der Waals surface area contributed by atoms with Crippen LogP contribution in [0.2, 0.25) is 0 Å². The minimum absolute atomic E-state index is 0.161. The topological polar surface area (TPSA) is 46.4 Å². The normalized spacial score (nSPS) is 10.8. The smallest absolute Gasteiger partial charge is 0.229 e. The van der Waals surface area contributed by atoms with Crippen LogP contribution in [0.4, 0.5) is 10.2 Å². The molecular weight excluding hydrogens is 329 g/mol. The van der Waals surface area contributed by atoms with Gasteiger partial charge in [0.1, 0.15) is 23.0 Å². The third-order valence-electron chi connectivity index (χ3n) is 4.11. The molecule has 0 atom stereocenters. The van der Waals surface area contributed by atoms with Crippen molar-refractivity contribution in [2.24, 2.45) is 0 Å². The molecule has 0 unspecified atom stereocenters. The molecule has 0 spiro atoms. The molecule has 1 amide bonds. The zero-order chi connectivity index (χ0) is 17.9. The predicted octanol–water partition coefficient (Wildman–Crippen LogP) is 4.32. The number of rotatable bonds is 4. The van der Waals surface area contributed by atoms with E-state index in [2.05, 4.69) is 10.3 Å². The van der Waals surface area contributed by atoms with E-state index >= 15 is 0 Å². The van der Waals surface area contributed by atoms with E-state index in [4.69, 9.17) is 0 Å². The van der Waals surface area contributed by atoms with Crippen LogP contribution in [-0.2, 0) is 11.2 Å². The minimum atomic E-state index is -0.317. The summed E-state index contributed by atoms with van der Waals surface area (Å²) >= 11 is 0. The first kappa shape index (κ1) is 16.0. The maximum atomic E-state index is 13.0. The number of carbonyl (C=O) groups excluding carboxylic acids is 1. The molecule has 0 aliphatic carbocycles. The van der Waals surface area contributed by atoms with E-state index in [1.807, 2.05) is 59.1 Å². The zero-order valence-electron chi connectivity index (χ0n) is 13.9. The molecule has 2 heterocycles. The van der Waals surface area contributed by atoms with Crippen LogP contribution >= 0.6 is 0 Å². The van der Waals surface area contributed by atoms with Crippen LogP contribution < -0.4 is 5.32 Å². The van der Waals surface area contributed by atoms with Crippen LogP contribution in [0.3, 0.4) is 0 Å². The third-order valence-corrected chi connectivity index (χ3v) is 4.11. The Morgan fingerprint density at radius 1 is 0.962 bits per heavy atom. The Morgan fingerprint density at radius 2 is 1.69 bits per heavy atom. The van der Waals surface area contributed by atoms with Crippen molar-refractivity contribution >= 4 is 17.4 Å². The first-order valence-corrected chi connectivity index (χ1v) is 8.27. The maximum Gasteiger partial charge on any atom is 0.229 e. The minimum Gasteiger partial charge on any atom is -0.310 e. The number of anilines is 1. The Hall–Kier alpha value is -3.47. The lowest BCUT2D eigenvalue weighted by Gasteiger charge is -2.08. The molecule has 4 aromatic rings. The number of imidazole rings is 1. The number of halogens is 1. The average Bonchev–Trinajstić information content (AvgIpc) is 3.03. The molecule has 0 aliphatic rings. The Morgan fingerprint density at radius 3 is 2.46 bits per heavy atom. The molecule has 0 fully saturated rings. The Kier molecular flexibility index (Phi) is 4.19. The van der Waals surface area contributed by atoms with Crippen molar-refractivity contribution < 1.29 is 9.18 Å². The summed E-state index contributed by atoms with van der Waals surface area (Å²) in [5, 5.41) is 2.96. The Labute approximate surface area is 149 Å². The van der Waals surface area contributed by atoms with Crippen molar-refractivity contribution in [2.45, 2.75) is 6.42 Å². The summed E-state index contributed by atoms with van der Waals surface area (Å²) in [6, 6.07) is 21.3. The fraction of sp³-hybridized carbons (Fsp3) is 0.0476. The van der Waals surface area contributed by atoms with Gasteiger partial charge in [0, 0.05) is 11.8 Å².